The summed E-state index contributed by atoms with van der Waals surface area (Å²) >= 11 is 7.44. The molecule has 192 valence electrons. The van der Waals surface area contributed by atoms with E-state index < -0.39 is 5.25 Å². The number of halogens is 2. The van der Waals surface area contributed by atoms with Gasteiger partial charge in [0.05, 0.1) is 6.61 Å². The molecule has 1 heterocycles. The summed E-state index contributed by atoms with van der Waals surface area (Å²) in [5.41, 5.74) is 2.15. The van der Waals surface area contributed by atoms with Gasteiger partial charge in [0.15, 0.2) is 16.7 Å². The molecule has 0 saturated carbocycles. The van der Waals surface area contributed by atoms with Crippen molar-refractivity contribution in [3.05, 3.63) is 105 Å². The third-order valence-electron chi connectivity index (χ3n) is 5.42. The van der Waals surface area contributed by atoms with Gasteiger partial charge in [-0.25, -0.2) is 4.39 Å². The topological polar surface area (TPSA) is 92.3 Å². The van der Waals surface area contributed by atoms with Crippen molar-refractivity contribution in [1.82, 2.24) is 14.8 Å². The highest BCUT2D eigenvalue weighted by molar-refractivity contribution is 7.99. The quantitative estimate of drug-likeness (QED) is 0.122. The van der Waals surface area contributed by atoms with Gasteiger partial charge in [-0.3, -0.25) is 14.7 Å². The molecule has 0 aliphatic carbocycles. The number of hydrogen-bond donors (Lipinski definition) is 0. The minimum absolute atomic E-state index is 0.242. The molecule has 8 nitrogen and oxygen atoms in total. The Morgan fingerprint density at radius 2 is 1.84 bits per heavy atom. The molecule has 3 aromatic carbocycles. The highest BCUT2D eigenvalue weighted by Crippen LogP contribution is 2.40. The summed E-state index contributed by atoms with van der Waals surface area (Å²) in [5.74, 6) is 1.18. The number of nitrogens with zero attached hydrogens (tertiary/aromatic N) is 4. The first-order chi connectivity index (χ1) is 17.9. The van der Waals surface area contributed by atoms with E-state index in [1.165, 1.54) is 23.9 Å². The highest BCUT2D eigenvalue weighted by Gasteiger charge is 2.25. The van der Waals surface area contributed by atoms with Crippen LogP contribution in [0.5, 0.6) is 11.5 Å². The van der Waals surface area contributed by atoms with Gasteiger partial charge in [-0.1, -0.05) is 47.6 Å². The SMILES string of the molecule is CCOc1cc([C@H](C[N+](=O)[O-])Sc2nnc(C)n2-c2ccc(F)cc2)ccc1OCc1ccccc1Cl. The monoisotopic (exact) mass is 542 g/mol. The van der Waals surface area contributed by atoms with E-state index in [1.807, 2.05) is 25.1 Å². The first-order valence-corrected chi connectivity index (χ1v) is 12.7. The Bertz CT molecular complexity index is 1380. The average Bonchev–Trinajstić information content (AvgIpc) is 3.24. The Labute approximate surface area is 222 Å². The fraction of sp³-hybridized carbons (Fsp3) is 0.231. The first-order valence-electron chi connectivity index (χ1n) is 11.4. The standard InChI is InChI=1S/C26H24ClFN4O4S/c1-3-35-24-14-18(8-13-23(24)36-16-19-6-4-5-7-22(19)27)25(15-31(33)34)37-26-30-29-17(2)32(26)21-11-9-20(28)10-12-21/h4-14,25H,3,15-16H2,1-2H3/t25-/m0/s1. The van der Waals surface area contributed by atoms with Crippen molar-refractivity contribution >= 4 is 23.4 Å². The second kappa shape index (κ2) is 12.1. The summed E-state index contributed by atoms with van der Waals surface area (Å²) in [6.07, 6.45) is 0. The van der Waals surface area contributed by atoms with Crippen LogP contribution in [0.4, 0.5) is 4.39 Å². The number of thioether (sulfide) groups is 1. The molecule has 0 N–H and O–H groups in total. The van der Waals surface area contributed by atoms with Crippen LogP contribution in [0.25, 0.3) is 5.69 Å². The zero-order valence-electron chi connectivity index (χ0n) is 20.1. The van der Waals surface area contributed by atoms with Crippen LogP contribution in [-0.4, -0.2) is 32.8 Å². The van der Waals surface area contributed by atoms with Crippen molar-refractivity contribution in [1.29, 1.82) is 0 Å². The average molecular weight is 543 g/mol. The van der Waals surface area contributed by atoms with Crippen molar-refractivity contribution in [2.24, 2.45) is 0 Å². The van der Waals surface area contributed by atoms with Crippen LogP contribution in [0.15, 0.2) is 71.9 Å². The van der Waals surface area contributed by atoms with Gasteiger partial charge >= 0.3 is 0 Å². The Kier molecular flexibility index (Phi) is 8.62. The molecule has 0 amide bonds. The molecule has 37 heavy (non-hydrogen) atoms. The smallest absolute Gasteiger partial charge is 0.220 e. The lowest BCUT2D eigenvalue weighted by Gasteiger charge is -2.17. The lowest BCUT2D eigenvalue weighted by molar-refractivity contribution is -0.479. The van der Waals surface area contributed by atoms with Gasteiger partial charge in [-0.15, -0.1) is 10.2 Å². The van der Waals surface area contributed by atoms with Gasteiger partial charge < -0.3 is 9.47 Å². The Morgan fingerprint density at radius 3 is 2.54 bits per heavy atom. The number of rotatable bonds is 11. The summed E-state index contributed by atoms with van der Waals surface area (Å²) in [6, 6.07) is 18.5. The molecular formula is C26H24ClFN4O4S. The van der Waals surface area contributed by atoms with Crippen LogP contribution < -0.4 is 9.47 Å². The molecule has 0 aliphatic heterocycles. The Morgan fingerprint density at radius 1 is 1.08 bits per heavy atom. The van der Waals surface area contributed by atoms with E-state index in [0.29, 0.717) is 45.4 Å². The summed E-state index contributed by atoms with van der Waals surface area (Å²) in [6.45, 7) is 3.89. The van der Waals surface area contributed by atoms with Gasteiger partial charge in [0.2, 0.25) is 6.54 Å². The van der Waals surface area contributed by atoms with Crippen LogP contribution >= 0.6 is 23.4 Å². The molecule has 0 spiro atoms. The number of ether oxygens (including phenoxy) is 2. The number of benzene rings is 3. The molecule has 1 atom stereocenters. The third kappa shape index (κ3) is 6.58. The minimum Gasteiger partial charge on any atom is -0.490 e. The van der Waals surface area contributed by atoms with Gasteiger partial charge in [0.25, 0.3) is 0 Å². The zero-order chi connectivity index (χ0) is 26.4. The predicted octanol–water partition coefficient (Wildman–Crippen LogP) is 6.46. The molecule has 1 aromatic heterocycles. The van der Waals surface area contributed by atoms with E-state index in [9.17, 15) is 14.5 Å². The fourth-order valence-electron chi connectivity index (χ4n) is 3.66. The van der Waals surface area contributed by atoms with Crippen LogP contribution in [0, 0.1) is 22.9 Å². The third-order valence-corrected chi connectivity index (χ3v) is 6.97. The van der Waals surface area contributed by atoms with Crippen molar-refractivity contribution < 1.29 is 18.8 Å². The summed E-state index contributed by atoms with van der Waals surface area (Å²) < 4.78 is 27.0. The lowest BCUT2D eigenvalue weighted by Crippen LogP contribution is -2.12. The maximum Gasteiger partial charge on any atom is 0.220 e. The fourth-order valence-corrected chi connectivity index (χ4v) is 5.02. The zero-order valence-corrected chi connectivity index (χ0v) is 21.7. The molecule has 4 aromatic rings. The van der Waals surface area contributed by atoms with Gasteiger partial charge in [0, 0.05) is 21.2 Å². The van der Waals surface area contributed by atoms with Crippen LogP contribution in [0.1, 0.15) is 29.1 Å². The van der Waals surface area contributed by atoms with Gasteiger partial charge in [-0.2, -0.15) is 0 Å². The maximum absolute atomic E-state index is 13.5. The summed E-state index contributed by atoms with van der Waals surface area (Å²) in [7, 11) is 0. The molecule has 0 aliphatic rings. The summed E-state index contributed by atoms with van der Waals surface area (Å²) in [4.78, 5) is 11.2. The molecule has 11 heteroatoms. The van der Waals surface area contributed by atoms with Crippen molar-refractivity contribution in [2.45, 2.75) is 30.9 Å². The van der Waals surface area contributed by atoms with E-state index in [4.69, 9.17) is 21.1 Å². The van der Waals surface area contributed by atoms with Crippen molar-refractivity contribution in [2.75, 3.05) is 13.2 Å². The van der Waals surface area contributed by atoms with Crippen molar-refractivity contribution in [3.8, 4) is 17.2 Å². The van der Waals surface area contributed by atoms with Gasteiger partial charge in [-0.05, 0) is 61.9 Å². The van der Waals surface area contributed by atoms with E-state index in [-0.39, 0.29) is 23.9 Å². The van der Waals surface area contributed by atoms with Crippen LogP contribution in [0.2, 0.25) is 5.02 Å². The largest absolute Gasteiger partial charge is 0.490 e. The van der Waals surface area contributed by atoms with E-state index in [2.05, 4.69) is 10.2 Å². The normalized spacial score (nSPS) is 11.8. The molecule has 0 bridgehead atoms. The molecular weight excluding hydrogens is 519 g/mol. The van der Waals surface area contributed by atoms with Crippen LogP contribution in [0.3, 0.4) is 0 Å². The van der Waals surface area contributed by atoms with E-state index >= 15 is 0 Å². The number of nitro groups is 1. The first kappa shape index (κ1) is 26.4. The maximum atomic E-state index is 13.5. The minimum atomic E-state index is -0.602. The predicted molar refractivity (Wildman–Crippen MR) is 140 cm³/mol. The second-order valence-electron chi connectivity index (χ2n) is 7.98. The van der Waals surface area contributed by atoms with E-state index in [0.717, 1.165) is 5.56 Å². The molecule has 0 saturated heterocycles. The summed E-state index contributed by atoms with van der Waals surface area (Å²) in [5, 5.41) is 20.4. The lowest BCUT2D eigenvalue weighted by atomic mass is 10.1. The van der Waals surface area contributed by atoms with Crippen molar-refractivity contribution in [3.63, 3.8) is 0 Å². The number of aromatic nitrogens is 3. The number of aryl methyl sites for hydroxylation is 1. The molecule has 0 radical (unpaired) electrons. The second-order valence-corrected chi connectivity index (χ2v) is 9.56. The molecule has 4 rings (SSSR count). The van der Waals surface area contributed by atoms with Gasteiger partial charge in [0.1, 0.15) is 23.5 Å². The van der Waals surface area contributed by atoms with E-state index in [1.54, 1.807) is 47.9 Å². The van der Waals surface area contributed by atoms with Crippen LogP contribution in [-0.2, 0) is 6.61 Å². The molecule has 0 fully saturated rings. The highest BCUT2D eigenvalue weighted by atomic mass is 35.5. The molecule has 0 unspecified atom stereocenters. The Balaban J connectivity index is 1.63. The Hall–Kier alpha value is -3.63. The number of hydrogen-bond acceptors (Lipinski definition) is 7.